The fraction of sp³-hybridized carbons (Fsp3) is 0.182. The molecule has 3 rings (SSSR count). The molecule has 0 spiro atoms. The van der Waals surface area contributed by atoms with E-state index in [1.54, 1.807) is 6.07 Å². The predicted molar refractivity (Wildman–Crippen MR) is 119 cm³/mol. The smallest absolute Gasteiger partial charge is 0.253 e. The van der Waals surface area contributed by atoms with Crippen LogP contribution >= 0.6 is 23.2 Å². The lowest BCUT2D eigenvalue weighted by Gasteiger charge is -2.22. The van der Waals surface area contributed by atoms with E-state index in [1.807, 2.05) is 44.2 Å². The molecule has 1 atom stereocenters. The van der Waals surface area contributed by atoms with Crippen LogP contribution in [0.15, 0.2) is 60.9 Å². The van der Waals surface area contributed by atoms with Gasteiger partial charge in [-0.25, -0.2) is 9.97 Å². The molecule has 1 heterocycles. The summed E-state index contributed by atoms with van der Waals surface area (Å²) >= 11 is 12.0. The van der Waals surface area contributed by atoms with Gasteiger partial charge >= 0.3 is 0 Å². The SMILES string of the molecule is CC(C)C(NC(=O)c1ccc(Cl)cc1Cl)C(=O)Nc1cnc(-c2ccccc2)nc1. The summed E-state index contributed by atoms with van der Waals surface area (Å²) in [7, 11) is 0. The molecule has 0 aliphatic rings. The summed E-state index contributed by atoms with van der Waals surface area (Å²) in [6.45, 7) is 3.67. The normalized spacial score (nSPS) is 11.8. The molecule has 2 N–H and O–H groups in total. The van der Waals surface area contributed by atoms with Crippen LogP contribution in [0.3, 0.4) is 0 Å². The highest BCUT2D eigenvalue weighted by atomic mass is 35.5. The molecule has 0 fully saturated rings. The lowest BCUT2D eigenvalue weighted by molar-refractivity contribution is -0.118. The number of carbonyl (C=O) groups excluding carboxylic acids is 2. The summed E-state index contributed by atoms with van der Waals surface area (Å²) in [4.78, 5) is 34.0. The van der Waals surface area contributed by atoms with Gasteiger partial charge in [-0.15, -0.1) is 0 Å². The van der Waals surface area contributed by atoms with Crippen molar-refractivity contribution >= 4 is 40.7 Å². The highest BCUT2D eigenvalue weighted by Gasteiger charge is 2.26. The minimum Gasteiger partial charge on any atom is -0.340 e. The Hall–Kier alpha value is -2.96. The summed E-state index contributed by atoms with van der Waals surface area (Å²) in [6, 6.07) is 13.3. The topological polar surface area (TPSA) is 84.0 Å². The molecule has 8 heteroatoms. The molecule has 0 aliphatic heterocycles. The molecule has 0 bridgehead atoms. The fourth-order valence-corrected chi connectivity index (χ4v) is 3.27. The number of amides is 2. The minimum atomic E-state index is -0.780. The summed E-state index contributed by atoms with van der Waals surface area (Å²) in [5.74, 6) is -0.440. The van der Waals surface area contributed by atoms with Gasteiger partial charge in [-0.2, -0.15) is 0 Å². The molecular formula is C22H20Cl2N4O2. The van der Waals surface area contributed by atoms with Crippen molar-refractivity contribution in [3.8, 4) is 11.4 Å². The van der Waals surface area contributed by atoms with Crippen molar-refractivity contribution in [1.82, 2.24) is 15.3 Å². The lowest BCUT2D eigenvalue weighted by atomic mass is 10.0. The number of aromatic nitrogens is 2. The first-order valence-corrected chi connectivity index (χ1v) is 10.0. The molecule has 154 valence electrons. The third-order valence-corrected chi connectivity index (χ3v) is 4.91. The van der Waals surface area contributed by atoms with E-state index in [2.05, 4.69) is 20.6 Å². The number of hydrogen-bond donors (Lipinski definition) is 2. The van der Waals surface area contributed by atoms with Crippen molar-refractivity contribution in [2.45, 2.75) is 19.9 Å². The Labute approximate surface area is 184 Å². The standard InChI is InChI=1S/C22H20Cl2N4O2/c1-13(2)19(28-21(29)17-9-8-15(23)10-18(17)24)22(30)27-16-11-25-20(26-12-16)14-6-4-3-5-7-14/h3-13,19H,1-2H3,(H,27,30)(H,28,29). The van der Waals surface area contributed by atoms with Crippen LogP contribution in [0.25, 0.3) is 11.4 Å². The van der Waals surface area contributed by atoms with Gasteiger partial charge in [0.2, 0.25) is 5.91 Å². The fourth-order valence-electron chi connectivity index (χ4n) is 2.78. The molecule has 0 saturated carbocycles. The molecular weight excluding hydrogens is 423 g/mol. The monoisotopic (exact) mass is 442 g/mol. The van der Waals surface area contributed by atoms with Gasteiger partial charge < -0.3 is 10.6 Å². The van der Waals surface area contributed by atoms with E-state index in [0.717, 1.165) is 5.56 Å². The van der Waals surface area contributed by atoms with Crippen LogP contribution < -0.4 is 10.6 Å². The highest BCUT2D eigenvalue weighted by Crippen LogP contribution is 2.21. The van der Waals surface area contributed by atoms with Gasteiger partial charge in [0.25, 0.3) is 5.91 Å². The number of nitrogens with one attached hydrogen (secondary N) is 2. The van der Waals surface area contributed by atoms with Crippen molar-refractivity contribution in [2.24, 2.45) is 5.92 Å². The number of benzene rings is 2. The number of nitrogens with zero attached hydrogens (tertiary/aromatic N) is 2. The van der Waals surface area contributed by atoms with Crippen LogP contribution in [0, 0.1) is 5.92 Å². The number of rotatable bonds is 6. The zero-order chi connectivity index (χ0) is 21.7. The second kappa shape index (κ2) is 9.69. The summed E-state index contributed by atoms with van der Waals surface area (Å²) in [5.41, 5.74) is 1.56. The number of halogens is 2. The zero-order valence-electron chi connectivity index (χ0n) is 16.4. The maximum absolute atomic E-state index is 12.8. The van der Waals surface area contributed by atoms with E-state index in [0.29, 0.717) is 16.5 Å². The van der Waals surface area contributed by atoms with E-state index in [4.69, 9.17) is 23.2 Å². The van der Waals surface area contributed by atoms with Gasteiger partial charge in [-0.3, -0.25) is 9.59 Å². The van der Waals surface area contributed by atoms with Crippen LogP contribution in [-0.2, 0) is 4.79 Å². The number of anilines is 1. The summed E-state index contributed by atoms with van der Waals surface area (Å²) in [5, 5.41) is 6.12. The molecule has 30 heavy (non-hydrogen) atoms. The molecule has 0 radical (unpaired) electrons. The molecule has 3 aromatic rings. The van der Waals surface area contributed by atoms with E-state index in [1.165, 1.54) is 24.5 Å². The van der Waals surface area contributed by atoms with Gasteiger partial charge in [-0.1, -0.05) is 67.4 Å². The molecule has 2 aromatic carbocycles. The zero-order valence-corrected chi connectivity index (χ0v) is 17.9. The maximum atomic E-state index is 12.8. The summed E-state index contributed by atoms with van der Waals surface area (Å²) in [6.07, 6.45) is 3.06. The van der Waals surface area contributed by atoms with E-state index < -0.39 is 11.9 Å². The van der Waals surface area contributed by atoms with Crippen molar-refractivity contribution in [2.75, 3.05) is 5.32 Å². The number of hydrogen-bond acceptors (Lipinski definition) is 4. The average Bonchev–Trinajstić information content (AvgIpc) is 2.72. The molecule has 0 saturated heterocycles. The molecule has 2 amide bonds. The Morgan fingerprint density at radius 1 is 0.967 bits per heavy atom. The van der Waals surface area contributed by atoms with Gasteiger partial charge in [0.05, 0.1) is 28.7 Å². The van der Waals surface area contributed by atoms with Crippen LogP contribution in [0.4, 0.5) is 5.69 Å². The third kappa shape index (κ3) is 5.34. The summed E-state index contributed by atoms with van der Waals surface area (Å²) < 4.78 is 0. The quantitative estimate of drug-likeness (QED) is 0.571. The van der Waals surface area contributed by atoms with Gasteiger partial charge in [0.15, 0.2) is 5.82 Å². The average molecular weight is 443 g/mol. The molecule has 0 aliphatic carbocycles. The molecule has 1 aromatic heterocycles. The van der Waals surface area contributed by atoms with E-state index in [-0.39, 0.29) is 22.4 Å². The number of carbonyl (C=O) groups is 2. The van der Waals surface area contributed by atoms with E-state index in [9.17, 15) is 9.59 Å². The molecule has 1 unspecified atom stereocenters. The third-order valence-electron chi connectivity index (χ3n) is 4.36. The second-order valence-corrected chi connectivity index (χ2v) is 7.81. The Morgan fingerprint density at radius 3 is 2.23 bits per heavy atom. The first-order valence-electron chi connectivity index (χ1n) is 9.29. The van der Waals surface area contributed by atoms with Gasteiger partial charge in [0.1, 0.15) is 6.04 Å². The van der Waals surface area contributed by atoms with Crippen LogP contribution in [0.2, 0.25) is 10.0 Å². The Bertz CT molecular complexity index is 1040. The lowest BCUT2D eigenvalue weighted by Crippen LogP contribution is -2.47. The maximum Gasteiger partial charge on any atom is 0.253 e. The van der Waals surface area contributed by atoms with Crippen molar-refractivity contribution < 1.29 is 9.59 Å². The van der Waals surface area contributed by atoms with Crippen molar-refractivity contribution in [3.63, 3.8) is 0 Å². The predicted octanol–water partition coefficient (Wildman–Crippen LogP) is 4.84. The largest absolute Gasteiger partial charge is 0.340 e. The van der Waals surface area contributed by atoms with Crippen LogP contribution in [0.5, 0.6) is 0 Å². The highest BCUT2D eigenvalue weighted by molar-refractivity contribution is 6.36. The van der Waals surface area contributed by atoms with Gasteiger partial charge in [0, 0.05) is 10.6 Å². The van der Waals surface area contributed by atoms with Crippen LogP contribution in [-0.4, -0.2) is 27.8 Å². The van der Waals surface area contributed by atoms with Crippen molar-refractivity contribution in [1.29, 1.82) is 0 Å². The first-order chi connectivity index (χ1) is 14.3. The first kappa shape index (κ1) is 21.7. The molecule has 6 nitrogen and oxygen atoms in total. The Kier molecular flexibility index (Phi) is 7.03. The second-order valence-electron chi connectivity index (χ2n) is 6.97. The van der Waals surface area contributed by atoms with Gasteiger partial charge in [-0.05, 0) is 24.1 Å². The minimum absolute atomic E-state index is 0.162. The van der Waals surface area contributed by atoms with Crippen molar-refractivity contribution in [3.05, 3.63) is 76.5 Å². The van der Waals surface area contributed by atoms with Crippen LogP contribution in [0.1, 0.15) is 24.2 Å². The van der Waals surface area contributed by atoms with E-state index >= 15 is 0 Å². The Balaban J connectivity index is 1.70. The Morgan fingerprint density at radius 2 is 1.63 bits per heavy atom.